The van der Waals surface area contributed by atoms with Gasteiger partial charge in [-0.05, 0) is 25.3 Å². The molecule has 0 bridgehead atoms. The number of nitrogens with zero attached hydrogens (tertiary/aromatic N) is 2. The third-order valence-corrected chi connectivity index (χ3v) is 2.63. The van der Waals surface area contributed by atoms with Crippen LogP contribution in [0.1, 0.15) is 25.7 Å². The minimum atomic E-state index is -2.25. The number of nitriles is 1. The minimum absolute atomic E-state index is 0.137. The molecule has 0 saturated carbocycles. The first-order chi connectivity index (χ1) is 6.72. The van der Waals surface area contributed by atoms with Crippen molar-refractivity contribution in [1.29, 1.82) is 5.26 Å². The topological polar surface area (TPSA) is 27.0 Å². The van der Waals surface area contributed by atoms with Gasteiger partial charge < -0.3 is 0 Å². The minimum Gasteiger partial charge on any atom is -0.297 e. The summed E-state index contributed by atoms with van der Waals surface area (Å²) >= 11 is 0. The Morgan fingerprint density at radius 2 is 2.21 bits per heavy atom. The summed E-state index contributed by atoms with van der Waals surface area (Å²) in [5, 5.41) is 8.56. The molecule has 14 heavy (non-hydrogen) atoms. The second-order valence-electron chi connectivity index (χ2n) is 3.87. The summed E-state index contributed by atoms with van der Waals surface area (Å²) < 4.78 is 24.3. The summed E-state index contributed by atoms with van der Waals surface area (Å²) in [6.45, 7) is 1.28. The summed E-state index contributed by atoms with van der Waals surface area (Å²) in [7, 11) is 0. The Morgan fingerprint density at radius 3 is 2.86 bits per heavy atom. The fourth-order valence-electron chi connectivity index (χ4n) is 1.97. The molecule has 1 atom stereocenters. The van der Waals surface area contributed by atoms with Gasteiger partial charge in [0.2, 0.25) is 0 Å². The zero-order chi connectivity index (χ0) is 10.4. The van der Waals surface area contributed by atoms with E-state index < -0.39 is 6.43 Å². The zero-order valence-corrected chi connectivity index (χ0v) is 8.25. The number of rotatable bonds is 3. The summed E-state index contributed by atoms with van der Waals surface area (Å²) in [5.41, 5.74) is 0. The molecule has 0 radical (unpaired) electrons. The molecule has 0 spiro atoms. The van der Waals surface area contributed by atoms with Crippen LogP contribution in [0.25, 0.3) is 0 Å². The first-order valence-corrected chi connectivity index (χ1v) is 5.10. The van der Waals surface area contributed by atoms with E-state index in [2.05, 4.69) is 6.07 Å². The Kier molecular flexibility index (Phi) is 4.81. The van der Waals surface area contributed by atoms with Gasteiger partial charge in [0.1, 0.15) is 0 Å². The van der Waals surface area contributed by atoms with Gasteiger partial charge in [-0.15, -0.1) is 0 Å². The van der Waals surface area contributed by atoms with Crippen LogP contribution in [0.3, 0.4) is 0 Å². The van der Waals surface area contributed by atoms with Crippen LogP contribution in [-0.4, -0.2) is 31.0 Å². The van der Waals surface area contributed by atoms with E-state index >= 15 is 0 Å². The van der Waals surface area contributed by atoms with Crippen molar-refractivity contribution in [3.63, 3.8) is 0 Å². The highest BCUT2D eigenvalue weighted by Gasteiger charge is 2.20. The molecule has 4 heteroatoms. The Morgan fingerprint density at radius 1 is 1.43 bits per heavy atom. The standard InChI is InChI=1S/C10H16F2N2/c11-10(12)8-14-6-2-1-3-9(7-14)4-5-13/h9-10H,1-4,6-8H2. The molecule has 1 rings (SSSR count). The third kappa shape index (κ3) is 4.01. The molecule has 0 aromatic rings. The largest absolute Gasteiger partial charge is 0.297 e. The molecule has 1 fully saturated rings. The summed E-state index contributed by atoms with van der Waals surface area (Å²) in [5.74, 6) is 0.293. The molecular formula is C10H16F2N2. The van der Waals surface area contributed by atoms with E-state index in [9.17, 15) is 8.78 Å². The van der Waals surface area contributed by atoms with Gasteiger partial charge in [0.15, 0.2) is 0 Å². The van der Waals surface area contributed by atoms with Crippen LogP contribution in [0.2, 0.25) is 0 Å². The van der Waals surface area contributed by atoms with Gasteiger partial charge >= 0.3 is 0 Å². The highest BCUT2D eigenvalue weighted by Crippen LogP contribution is 2.19. The van der Waals surface area contributed by atoms with Gasteiger partial charge in [-0.25, -0.2) is 8.78 Å². The van der Waals surface area contributed by atoms with Crippen molar-refractivity contribution < 1.29 is 8.78 Å². The predicted octanol–water partition coefficient (Wildman–Crippen LogP) is 2.27. The van der Waals surface area contributed by atoms with Crippen molar-refractivity contribution in [3.8, 4) is 6.07 Å². The first kappa shape index (κ1) is 11.4. The SMILES string of the molecule is N#CCC1CCCCN(CC(F)F)C1. The van der Waals surface area contributed by atoms with Crippen molar-refractivity contribution in [1.82, 2.24) is 4.90 Å². The highest BCUT2D eigenvalue weighted by atomic mass is 19.3. The fourth-order valence-corrected chi connectivity index (χ4v) is 1.97. The van der Waals surface area contributed by atoms with E-state index in [1.807, 2.05) is 0 Å². The Hall–Kier alpha value is -0.690. The second kappa shape index (κ2) is 5.92. The molecule has 0 aliphatic carbocycles. The van der Waals surface area contributed by atoms with Crippen LogP contribution in [0.15, 0.2) is 0 Å². The molecule has 1 aliphatic heterocycles. The number of halogens is 2. The van der Waals surface area contributed by atoms with Crippen molar-refractivity contribution in [2.75, 3.05) is 19.6 Å². The van der Waals surface area contributed by atoms with Crippen LogP contribution in [0.5, 0.6) is 0 Å². The van der Waals surface area contributed by atoms with Gasteiger partial charge in [0, 0.05) is 13.0 Å². The van der Waals surface area contributed by atoms with E-state index in [-0.39, 0.29) is 6.54 Å². The van der Waals surface area contributed by atoms with Gasteiger partial charge in [-0.3, -0.25) is 4.90 Å². The molecule has 0 amide bonds. The second-order valence-corrected chi connectivity index (χ2v) is 3.87. The number of hydrogen-bond acceptors (Lipinski definition) is 2. The predicted molar refractivity (Wildman–Crippen MR) is 50.0 cm³/mol. The van der Waals surface area contributed by atoms with E-state index in [1.165, 1.54) is 0 Å². The van der Waals surface area contributed by atoms with Crippen molar-refractivity contribution in [2.24, 2.45) is 5.92 Å². The smallest absolute Gasteiger partial charge is 0.251 e. The fraction of sp³-hybridized carbons (Fsp3) is 0.900. The first-order valence-electron chi connectivity index (χ1n) is 5.10. The van der Waals surface area contributed by atoms with Crippen LogP contribution in [0, 0.1) is 17.2 Å². The maximum atomic E-state index is 12.2. The van der Waals surface area contributed by atoms with Gasteiger partial charge in [0.25, 0.3) is 6.43 Å². The van der Waals surface area contributed by atoms with Gasteiger partial charge in [0.05, 0.1) is 12.6 Å². The van der Waals surface area contributed by atoms with Gasteiger partial charge in [-0.2, -0.15) is 5.26 Å². The molecule has 2 nitrogen and oxygen atoms in total. The molecular weight excluding hydrogens is 186 g/mol. The third-order valence-electron chi connectivity index (χ3n) is 2.63. The average Bonchev–Trinajstić information content (AvgIpc) is 2.30. The summed E-state index contributed by atoms with van der Waals surface area (Å²) in [6, 6.07) is 2.12. The molecule has 80 valence electrons. The molecule has 0 aromatic heterocycles. The quantitative estimate of drug-likeness (QED) is 0.702. The molecule has 1 heterocycles. The van der Waals surface area contributed by atoms with E-state index in [0.717, 1.165) is 25.8 Å². The van der Waals surface area contributed by atoms with Crippen molar-refractivity contribution in [3.05, 3.63) is 0 Å². The Labute approximate surface area is 83.5 Å². The lowest BCUT2D eigenvalue weighted by Crippen LogP contribution is -2.32. The van der Waals surface area contributed by atoms with Crippen molar-refractivity contribution in [2.45, 2.75) is 32.1 Å². The maximum Gasteiger partial charge on any atom is 0.251 e. The van der Waals surface area contributed by atoms with Crippen molar-refractivity contribution >= 4 is 0 Å². The van der Waals surface area contributed by atoms with E-state index in [1.54, 1.807) is 4.90 Å². The zero-order valence-electron chi connectivity index (χ0n) is 8.25. The van der Waals surface area contributed by atoms with E-state index in [0.29, 0.717) is 18.9 Å². The Bertz CT molecular complexity index is 201. The molecule has 1 saturated heterocycles. The normalized spacial score (nSPS) is 24.6. The lowest BCUT2D eigenvalue weighted by molar-refractivity contribution is 0.0841. The number of likely N-dealkylation sites (tertiary alicyclic amines) is 1. The lowest BCUT2D eigenvalue weighted by Gasteiger charge is -2.22. The summed E-state index contributed by atoms with van der Waals surface area (Å²) in [4.78, 5) is 1.79. The van der Waals surface area contributed by atoms with E-state index in [4.69, 9.17) is 5.26 Å². The Balaban J connectivity index is 2.39. The number of alkyl halides is 2. The van der Waals surface area contributed by atoms with Gasteiger partial charge in [-0.1, -0.05) is 6.42 Å². The van der Waals surface area contributed by atoms with Crippen LogP contribution >= 0.6 is 0 Å². The molecule has 1 aliphatic rings. The maximum absolute atomic E-state index is 12.2. The summed E-state index contributed by atoms with van der Waals surface area (Å²) in [6.07, 6.45) is 1.30. The lowest BCUT2D eigenvalue weighted by atomic mass is 10.0. The molecule has 1 unspecified atom stereocenters. The molecule has 0 N–H and O–H groups in total. The average molecular weight is 202 g/mol. The highest BCUT2D eigenvalue weighted by molar-refractivity contribution is 4.80. The van der Waals surface area contributed by atoms with Crippen LogP contribution < -0.4 is 0 Å². The monoisotopic (exact) mass is 202 g/mol. The number of hydrogen-bond donors (Lipinski definition) is 0. The molecule has 0 aromatic carbocycles. The van der Waals surface area contributed by atoms with Crippen LogP contribution in [-0.2, 0) is 0 Å². The van der Waals surface area contributed by atoms with Crippen LogP contribution in [0.4, 0.5) is 8.78 Å².